The van der Waals surface area contributed by atoms with E-state index in [-0.39, 0.29) is 6.79 Å². The minimum Gasteiger partial charge on any atom is -0.489 e. The molecule has 1 N–H and O–H groups in total. The zero-order valence-electron chi connectivity index (χ0n) is 11.2. The van der Waals surface area contributed by atoms with E-state index in [0.29, 0.717) is 12.6 Å². The monoisotopic (exact) mass is 261 g/mol. The molecule has 4 nitrogen and oxygen atoms in total. The van der Waals surface area contributed by atoms with Crippen molar-refractivity contribution in [2.75, 3.05) is 13.4 Å². The zero-order valence-corrected chi connectivity index (χ0v) is 11.2. The maximum absolute atomic E-state index is 5.80. The highest BCUT2D eigenvalue weighted by Gasteiger charge is 2.22. The lowest BCUT2D eigenvalue weighted by atomic mass is 10.1. The van der Waals surface area contributed by atoms with Crippen molar-refractivity contribution in [3.8, 4) is 17.2 Å². The Morgan fingerprint density at radius 3 is 2.79 bits per heavy atom. The highest BCUT2D eigenvalue weighted by atomic mass is 16.7. The summed E-state index contributed by atoms with van der Waals surface area (Å²) >= 11 is 0. The Hall–Kier alpha value is -1.68. The summed E-state index contributed by atoms with van der Waals surface area (Å²) in [5, 5.41) is 3.49. The standard InChI is InChI=1S/C15H19NO3/c1-10(2)8-17-13-6-15-14(18-9-19-15)5-11(13)7-16-12-3-4-12/h5-6,12,16H,1,3-4,7-9H2,2H3. The predicted octanol–water partition coefficient (Wildman–Crippen LogP) is 2.62. The lowest BCUT2D eigenvalue weighted by Gasteiger charge is -2.13. The number of hydrogen-bond donors (Lipinski definition) is 1. The van der Waals surface area contributed by atoms with Gasteiger partial charge < -0.3 is 19.5 Å². The minimum atomic E-state index is 0.286. The molecule has 0 unspecified atom stereocenters. The molecule has 1 saturated carbocycles. The molecule has 1 aliphatic heterocycles. The summed E-state index contributed by atoms with van der Waals surface area (Å²) < 4.78 is 16.6. The Kier molecular flexibility index (Phi) is 3.34. The molecule has 1 aromatic rings. The lowest BCUT2D eigenvalue weighted by Crippen LogP contribution is -2.16. The zero-order chi connectivity index (χ0) is 13.2. The molecule has 1 aromatic carbocycles. The summed E-state index contributed by atoms with van der Waals surface area (Å²) in [6, 6.07) is 4.58. The van der Waals surface area contributed by atoms with E-state index in [4.69, 9.17) is 14.2 Å². The summed E-state index contributed by atoms with van der Waals surface area (Å²) in [4.78, 5) is 0. The molecule has 0 atom stereocenters. The second kappa shape index (κ2) is 5.13. The number of ether oxygens (including phenoxy) is 3. The largest absolute Gasteiger partial charge is 0.489 e. The topological polar surface area (TPSA) is 39.7 Å². The van der Waals surface area contributed by atoms with Crippen molar-refractivity contribution in [2.45, 2.75) is 32.4 Å². The van der Waals surface area contributed by atoms with Crippen molar-refractivity contribution >= 4 is 0 Å². The third-order valence-electron chi connectivity index (χ3n) is 3.19. The Morgan fingerprint density at radius 2 is 2.11 bits per heavy atom. The van der Waals surface area contributed by atoms with E-state index in [9.17, 15) is 0 Å². The molecule has 1 fully saturated rings. The fourth-order valence-corrected chi connectivity index (χ4v) is 1.98. The van der Waals surface area contributed by atoms with Gasteiger partial charge in [0.15, 0.2) is 11.5 Å². The van der Waals surface area contributed by atoms with E-state index in [0.717, 1.165) is 34.9 Å². The molecule has 0 radical (unpaired) electrons. The van der Waals surface area contributed by atoms with Gasteiger partial charge in [-0.1, -0.05) is 6.58 Å². The van der Waals surface area contributed by atoms with E-state index in [1.54, 1.807) is 0 Å². The summed E-state index contributed by atoms with van der Waals surface area (Å²) in [5.74, 6) is 2.41. The first kappa shape index (κ1) is 12.4. The van der Waals surface area contributed by atoms with Gasteiger partial charge in [-0.05, 0) is 31.4 Å². The quantitative estimate of drug-likeness (QED) is 0.799. The van der Waals surface area contributed by atoms with Crippen LogP contribution in [0.2, 0.25) is 0 Å². The molecule has 3 rings (SSSR count). The summed E-state index contributed by atoms with van der Waals surface area (Å²) in [6.45, 7) is 7.42. The summed E-state index contributed by atoms with van der Waals surface area (Å²) in [5.41, 5.74) is 2.11. The second-order valence-corrected chi connectivity index (χ2v) is 5.21. The Morgan fingerprint density at radius 1 is 1.37 bits per heavy atom. The molecule has 19 heavy (non-hydrogen) atoms. The van der Waals surface area contributed by atoms with Crippen LogP contribution in [-0.2, 0) is 6.54 Å². The van der Waals surface area contributed by atoms with Crippen LogP contribution in [0.1, 0.15) is 25.3 Å². The number of nitrogens with one attached hydrogen (secondary N) is 1. The summed E-state index contributed by atoms with van der Waals surface area (Å²) in [7, 11) is 0. The van der Waals surface area contributed by atoms with Crippen molar-refractivity contribution < 1.29 is 14.2 Å². The van der Waals surface area contributed by atoms with Gasteiger partial charge in [0.2, 0.25) is 6.79 Å². The number of rotatable bonds is 6. The van der Waals surface area contributed by atoms with Crippen LogP contribution in [0, 0.1) is 0 Å². The fourth-order valence-electron chi connectivity index (χ4n) is 1.98. The van der Waals surface area contributed by atoms with Crippen molar-refractivity contribution in [1.29, 1.82) is 0 Å². The van der Waals surface area contributed by atoms with Crippen molar-refractivity contribution in [3.05, 3.63) is 29.8 Å². The number of fused-ring (bicyclic) bond motifs is 1. The number of hydrogen-bond acceptors (Lipinski definition) is 4. The third-order valence-corrected chi connectivity index (χ3v) is 3.19. The lowest BCUT2D eigenvalue weighted by molar-refractivity contribution is 0.173. The minimum absolute atomic E-state index is 0.286. The fraction of sp³-hybridized carbons (Fsp3) is 0.467. The van der Waals surface area contributed by atoms with E-state index >= 15 is 0 Å². The van der Waals surface area contributed by atoms with Crippen LogP contribution in [0.5, 0.6) is 17.2 Å². The highest BCUT2D eigenvalue weighted by molar-refractivity contribution is 5.52. The van der Waals surface area contributed by atoms with Gasteiger partial charge in [-0.15, -0.1) is 0 Å². The Balaban J connectivity index is 1.78. The Labute approximate surface area is 113 Å². The van der Waals surface area contributed by atoms with Gasteiger partial charge in [0, 0.05) is 24.2 Å². The van der Waals surface area contributed by atoms with Gasteiger partial charge in [-0.25, -0.2) is 0 Å². The van der Waals surface area contributed by atoms with E-state index < -0.39 is 0 Å². The van der Waals surface area contributed by atoms with E-state index in [1.165, 1.54) is 12.8 Å². The normalized spacial score (nSPS) is 16.5. The first-order chi connectivity index (χ1) is 9.22. The highest BCUT2D eigenvalue weighted by Crippen LogP contribution is 2.38. The maximum Gasteiger partial charge on any atom is 0.231 e. The molecule has 0 amide bonds. The summed E-state index contributed by atoms with van der Waals surface area (Å²) in [6.07, 6.45) is 2.54. The average molecular weight is 261 g/mol. The van der Waals surface area contributed by atoms with Gasteiger partial charge in [0.25, 0.3) is 0 Å². The second-order valence-electron chi connectivity index (χ2n) is 5.21. The SMILES string of the molecule is C=C(C)COc1cc2c(cc1CNC1CC1)OCO2. The maximum atomic E-state index is 5.80. The van der Waals surface area contributed by atoms with Crippen LogP contribution in [0.4, 0.5) is 0 Å². The molecule has 0 bridgehead atoms. The van der Waals surface area contributed by atoms with Gasteiger partial charge >= 0.3 is 0 Å². The Bertz CT molecular complexity index is 494. The molecule has 1 heterocycles. The molecule has 4 heteroatoms. The van der Waals surface area contributed by atoms with Crippen molar-refractivity contribution in [3.63, 3.8) is 0 Å². The molecular formula is C15H19NO3. The smallest absolute Gasteiger partial charge is 0.231 e. The first-order valence-corrected chi connectivity index (χ1v) is 6.65. The van der Waals surface area contributed by atoms with Crippen molar-refractivity contribution in [1.82, 2.24) is 5.32 Å². The molecule has 1 aliphatic carbocycles. The van der Waals surface area contributed by atoms with E-state index in [2.05, 4.69) is 11.9 Å². The van der Waals surface area contributed by atoms with Crippen LogP contribution < -0.4 is 19.5 Å². The van der Waals surface area contributed by atoms with Gasteiger partial charge in [0.1, 0.15) is 12.4 Å². The molecule has 0 saturated heterocycles. The first-order valence-electron chi connectivity index (χ1n) is 6.65. The van der Waals surface area contributed by atoms with Crippen LogP contribution in [0.25, 0.3) is 0 Å². The van der Waals surface area contributed by atoms with Crippen LogP contribution >= 0.6 is 0 Å². The molecule has 2 aliphatic rings. The molecular weight excluding hydrogens is 242 g/mol. The number of benzene rings is 1. The third kappa shape index (κ3) is 3.01. The van der Waals surface area contributed by atoms with Crippen LogP contribution in [0.15, 0.2) is 24.3 Å². The van der Waals surface area contributed by atoms with Crippen LogP contribution in [0.3, 0.4) is 0 Å². The van der Waals surface area contributed by atoms with Crippen molar-refractivity contribution in [2.24, 2.45) is 0 Å². The van der Waals surface area contributed by atoms with Gasteiger partial charge in [-0.2, -0.15) is 0 Å². The molecule has 0 spiro atoms. The van der Waals surface area contributed by atoms with E-state index in [1.807, 2.05) is 19.1 Å². The predicted molar refractivity (Wildman–Crippen MR) is 72.7 cm³/mol. The van der Waals surface area contributed by atoms with Gasteiger partial charge in [-0.3, -0.25) is 0 Å². The molecule has 0 aromatic heterocycles. The average Bonchev–Trinajstić information content (AvgIpc) is 3.10. The van der Waals surface area contributed by atoms with Gasteiger partial charge in [0.05, 0.1) is 0 Å². The molecule has 102 valence electrons. The van der Waals surface area contributed by atoms with Crippen LogP contribution in [-0.4, -0.2) is 19.4 Å².